The molecule has 0 bridgehead atoms. The van der Waals surface area contributed by atoms with Crippen molar-refractivity contribution in [2.75, 3.05) is 20.2 Å². The average Bonchev–Trinajstić information content (AvgIpc) is 2.82. The van der Waals surface area contributed by atoms with Crippen LogP contribution in [0.1, 0.15) is 30.4 Å². The van der Waals surface area contributed by atoms with Gasteiger partial charge in [-0.1, -0.05) is 24.3 Å². The van der Waals surface area contributed by atoms with Gasteiger partial charge in [0.1, 0.15) is 0 Å². The summed E-state index contributed by atoms with van der Waals surface area (Å²) in [5, 5.41) is 9.76. The molecule has 5 heteroatoms. The largest absolute Gasteiger partial charge is 0.466 e. The van der Waals surface area contributed by atoms with Gasteiger partial charge in [0.05, 0.1) is 7.11 Å². The van der Waals surface area contributed by atoms with E-state index < -0.39 is 0 Å². The summed E-state index contributed by atoms with van der Waals surface area (Å²) in [5.74, 6) is -0.289. The number of carbonyl (C=O) groups excluding carboxylic acids is 1. The first-order valence-corrected chi connectivity index (χ1v) is 7.86. The third-order valence-electron chi connectivity index (χ3n) is 5.15. The van der Waals surface area contributed by atoms with Crippen LogP contribution in [0.4, 0.5) is 0 Å². The standard InChI is InChI=1S/C17H22BNO3/c1-18(21)19-9-7-17(8-10-19)12-13(11-16(20)22-2)14-5-3-4-6-15(14)17/h3-6,11,21H,7-10,12H2,1-2H3/b13-11+. The van der Waals surface area contributed by atoms with E-state index in [-0.39, 0.29) is 18.4 Å². The second-order valence-electron chi connectivity index (χ2n) is 6.36. The molecule has 0 atom stereocenters. The number of esters is 1. The maximum Gasteiger partial charge on any atom is 0.376 e. The van der Waals surface area contributed by atoms with Crippen molar-refractivity contribution in [2.24, 2.45) is 0 Å². The molecule has 1 fully saturated rings. The van der Waals surface area contributed by atoms with Crippen molar-refractivity contribution in [1.29, 1.82) is 0 Å². The van der Waals surface area contributed by atoms with Gasteiger partial charge in [0.2, 0.25) is 0 Å². The van der Waals surface area contributed by atoms with Crippen LogP contribution in [0.3, 0.4) is 0 Å². The maximum atomic E-state index is 11.7. The minimum Gasteiger partial charge on any atom is -0.466 e. The van der Waals surface area contributed by atoms with Crippen LogP contribution in [0.5, 0.6) is 0 Å². The van der Waals surface area contributed by atoms with Crippen molar-refractivity contribution in [3.05, 3.63) is 41.5 Å². The Morgan fingerprint density at radius 1 is 1.36 bits per heavy atom. The van der Waals surface area contributed by atoms with Crippen LogP contribution in [-0.4, -0.2) is 43.1 Å². The van der Waals surface area contributed by atoms with Gasteiger partial charge in [0.25, 0.3) is 0 Å². The number of piperidine rings is 1. The zero-order valence-corrected chi connectivity index (χ0v) is 13.2. The minimum atomic E-state index is -0.390. The van der Waals surface area contributed by atoms with Crippen molar-refractivity contribution in [3.8, 4) is 0 Å². The van der Waals surface area contributed by atoms with E-state index in [0.29, 0.717) is 0 Å². The van der Waals surface area contributed by atoms with Gasteiger partial charge in [-0.25, -0.2) is 4.79 Å². The fourth-order valence-corrected chi connectivity index (χ4v) is 3.88. The number of rotatable bonds is 2. The van der Waals surface area contributed by atoms with Gasteiger partial charge in [0, 0.05) is 11.5 Å². The molecule has 4 nitrogen and oxygen atoms in total. The number of allylic oxidation sites excluding steroid dienone is 1. The van der Waals surface area contributed by atoms with Gasteiger partial charge >= 0.3 is 13.0 Å². The Balaban J connectivity index is 1.92. The molecular weight excluding hydrogens is 277 g/mol. The van der Waals surface area contributed by atoms with E-state index in [1.807, 2.05) is 12.9 Å². The van der Waals surface area contributed by atoms with Gasteiger partial charge in [-0.15, -0.1) is 0 Å². The second kappa shape index (κ2) is 5.90. The van der Waals surface area contributed by atoms with Gasteiger partial charge < -0.3 is 14.6 Å². The van der Waals surface area contributed by atoms with Crippen molar-refractivity contribution in [2.45, 2.75) is 31.5 Å². The van der Waals surface area contributed by atoms with E-state index in [1.54, 1.807) is 6.08 Å². The number of carbonyl (C=O) groups is 1. The zero-order chi connectivity index (χ0) is 15.7. The topological polar surface area (TPSA) is 49.8 Å². The van der Waals surface area contributed by atoms with Crippen LogP contribution in [0, 0.1) is 0 Å². The molecule has 3 rings (SSSR count). The lowest BCUT2D eigenvalue weighted by molar-refractivity contribution is -0.134. The molecule has 1 aliphatic carbocycles. The first-order valence-electron chi connectivity index (χ1n) is 7.86. The smallest absolute Gasteiger partial charge is 0.376 e. The fourth-order valence-electron chi connectivity index (χ4n) is 3.88. The molecule has 0 amide bonds. The van der Waals surface area contributed by atoms with Crippen LogP contribution in [0.2, 0.25) is 6.82 Å². The zero-order valence-electron chi connectivity index (χ0n) is 13.2. The summed E-state index contributed by atoms with van der Waals surface area (Å²) in [4.78, 5) is 13.8. The quantitative estimate of drug-likeness (QED) is 0.516. The van der Waals surface area contributed by atoms with Crippen molar-refractivity contribution >= 4 is 18.6 Å². The van der Waals surface area contributed by atoms with Gasteiger partial charge in [-0.05, 0) is 55.9 Å². The second-order valence-corrected chi connectivity index (χ2v) is 6.36. The Morgan fingerprint density at radius 3 is 2.68 bits per heavy atom. The lowest BCUT2D eigenvalue weighted by atomic mass is 9.70. The highest BCUT2D eigenvalue weighted by atomic mass is 16.5. The van der Waals surface area contributed by atoms with E-state index in [0.717, 1.165) is 37.9 Å². The van der Waals surface area contributed by atoms with E-state index in [4.69, 9.17) is 4.74 Å². The fraction of sp³-hybridized carbons (Fsp3) is 0.471. The Hall–Kier alpha value is -1.59. The highest BCUT2D eigenvalue weighted by Crippen LogP contribution is 2.51. The molecule has 22 heavy (non-hydrogen) atoms. The summed E-state index contributed by atoms with van der Waals surface area (Å²) in [6.07, 6.45) is 4.53. The molecule has 1 spiro atoms. The molecule has 1 aromatic rings. The Kier molecular flexibility index (Phi) is 4.11. The highest BCUT2D eigenvalue weighted by Gasteiger charge is 2.43. The van der Waals surface area contributed by atoms with E-state index in [2.05, 4.69) is 23.0 Å². The predicted octanol–water partition coefficient (Wildman–Crippen LogP) is 2.09. The highest BCUT2D eigenvalue weighted by molar-refractivity contribution is 6.45. The summed E-state index contributed by atoms with van der Waals surface area (Å²) >= 11 is 0. The van der Waals surface area contributed by atoms with Crippen LogP contribution < -0.4 is 0 Å². The molecular formula is C17H22BNO3. The number of benzene rings is 1. The molecule has 1 saturated heterocycles. The molecule has 116 valence electrons. The van der Waals surface area contributed by atoms with E-state index in [1.165, 1.54) is 18.2 Å². The Labute approximate surface area is 131 Å². The third kappa shape index (κ3) is 2.59. The number of hydrogen-bond acceptors (Lipinski definition) is 4. The van der Waals surface area contributed by atoms with Gasteiger partial charge in [-0.2, -0.15) is 0 Å². The third-order valence-corrected chi connectivity index (χ3v) is 5.15. The number of methoxy groups -OCH3 is 1. The molecule has 0 saturated carbocycles. The normalized spacial score (nSPS) is 21.9. The predicted molar refractivity (Wildman–Crippen MR) is 87.4 cm³/mol. The summed E-state index contributed by atoms with van der Waals surface area (Å²) in [7, 11) is 1.02. The van der Waals surface area contributed by atoms with Gasteiger partial charge in [-0.3, -0.25) is 0 Å². The van der Waals surface area contributed by atoms with Crippen molar-refractivity contribution in [1.82, 2.24) is 4.81 Å². The van der Waals surface area contributed by atoms with Crippen molar-refractivity contribution in [3.63, 3.8) is 0 Å². The molecule has 2 aliphatic rings. The molecule has 1 aliphatic heterocycles. The Bertz CT molecular complexity index is 604. The maximum absolute atomic E-state index is 11.7. The number of ether oxygens (including phenoxy) is 1. The summed E-state index contributed by atoms with van der Waals surface area (Å²) in [6.45, 7) is 3.60. The van der Waals surface area contributed by atoms with E-state index >= 15 is 0 Å². The first-order chi connectivity index (χ1) is 10.6. The Morgan fingerprint density at radius 2 is 2.05 bits per heavy atom. The van der Waals surface area contributed by atoms with E-state index in [9.17, 15) is 9.82 Å². The minimum absolute atomic E-state index is 0.0990. The van der Waals surface area contributed by atoms with Crippen LogP contribution in [0.25, 0.3) is 5.57 Å². The van der Waals surface area contributed by atoms with Crippen LogP contribution in [-0.2, 0) is 14.9 Å². The summed E-state index contributed by atoms with van der Waals surface area (Å²) in [5.41, 5.74) is 3.70. The number of nitrogens with zero attached hydrogens (tertiary/aromatic N) is 1. The number of fused-ring (bicyclic) bond motifs is 2. The van der Waals surface area contributed by atoms with Crippen LogP contribution in [0.15, 0.2) is 30.3 Å². The molecule has 1 N–H and O–H groups in total. The van der Waals surface area contributed by atoms with Crippen LogP contribution >= 0.6 is 0 Å². The summed E-state index contributed by atoms with van der Waals surface area (Å²) in [6, 6.07) is 8.38. The van der Waals surface area contributed by atoms with Gasteiger partial charge in [0.15, 0.2) is 0 Å². The molecule has 1 aromatic carbocycles. The van der Waals surface area contributed by atoms with Crippen molar-refractivity contribution < 1.29 is 14.6 Å². The lowest BCUT2D eigenvalue weighted by Crippen LogP contribution is -2.47. The monoisotopic (exact) mass is 299 g/mol. The first kappa shape index (κ1) is 15.3. The molecule has 0 unspecified atom stereocenters. The lowest BCUT2D eigenvalue weighted by Gasteiger charge is -2.40. The number of hydrogen-bond donors (Lipinski definition) is 1. The molecule has 0 aromatic heterocycles. The summed E-state index contributed by atoms with van der Waals surface area (Å²) < 4.78 is 4.79. The molecule has 0 radical (unpaired) electrons. The molecule has 1 heterocycles. The average molecular weight is 299 g/mol. The SMILES string of the molecule is COC(=O)/C=C1\CC2(CCN(B(C)O)CC2)c2ccccc21.